The molecule has 9 nitrogen and oxygen atoms in total. The average Bonchev–Trinajstić information content (AvgIpc) is 3.20. The molecule has 0 amide bonds. The van der Waals surface area contributed by atoms with Crippen LogP contribution in [0.2, 0.25) is 0 Å². The van der Waals surface area contributed by atoms with E-state index in [0.29, 0.717) is 0 Å². The molecular formula is C30H32F3N5O4. The number of carbonyl (C=O) groups is 1. The Morgan fingerprint density at radius 2 is 1.98 bits per heavy atom. The van der Waals surface area contributed by atoms with Crippen LogP contribution in [0.3, 0.4) is 0 Å². The normalized spacial score (nSPS) is 16.5. The molecule has 12 heteroatoms. The van der Waals surface area contributed by atoms with E-state index in [2.05, 4.69) is 15.3 Å². The third kappa shape index (κ3) is 6.03. The summed E-state index contributed by atoms with van der Waals surface area (Å²) in [5, 5.41) is 18.3. The van der Waals surface area contributed by atoms with Gasteiger partial charge in [0.2, 0.25) is 12.0 Å². The largest absolute Gasteiger partial charge is 0.493 e. The summed E-state index contributed by atoms with van der Waals surface area (Å²) in [6.07, 6.45) is -6.59. The van der Waals surface area contributed by atoms with Crippen LogP contribution in [-0.4, -0.2) is 61.4 Å². The zero-order valence-corrected chi connectivity index (χ0v) is 23.8. The van der Waals surface area contributed by atoms with Crippen molar-refractivity contribution in [1.29, 1.82) is 0 Å². The van der Waals surface area contributed by atoms with Crippen molar-refractivity contribution in [2.24, 2.45) is 7.05 Å². The predicted octanol–water partition coefficient (Wildman–Crippen LogP) is 5.10. The maximum atomic E-state index is 13.9. The van der Waals surface area contributed by atoms with Crippen molar-refractivity contribution in [2.75, 3.05) is 13.2 Å². The van der Waals surface area contributed by atoms with Crippen LogP contribution in [0.1, 0.15) is 52.8 Å². The van der Waals surface area contributed by atoms with Crippen molar-refractivity contribution >= 4 is 17.0 Å². The summed E-state index contributed by atoms with van der Waals surface area (Å²) in [4.78, 5) is 18.4. The van der Waals surface area contributed by atoms with E-state index in [1.807, 2.05) is 51.2 Å². The molecule has 222 valence electrons. The maximum absolute atomic E-state index is 13.9. The number of aromatic hydroxyl groups is 1. The molecule has 3 heterocycles. The van der Waals surface area contributed by atoms with E-state index in [0.717, 1.165) is 38.9 Å². The van der Waals surface area contributed by atoms with Crippen LogP contribution < -0.4 is 4.74 Å². The molecule has 5 rings (SSSR count). The smallest absolute Gasteiger partial charge is 0.426 e. The second kappa shape index (κ2) is 11.6. The van der Waals surface area contributed by atoms with Gasteiger partial charge in [-0.2, -0.15) is 13.2 Å². The molecule has 2 aromatic heterocycles. The Morgan fingerprint density at radius 1 is 1.19 bits per heavy atom. The molecule has 0 saturated carbocycles. The molecule has 2 atom stereocenters. The first-order valence-corrected chi connectivity index (χ1v) is 13.6. The van der Waals surface area contributed by atoms with Gasteiger partial charge < -0.3 is 14.6 Å². The third-order valence-electron chi connectivity index (χ3n) is 7.65. The summed E-state index contributed by atoms with van der Waals surface area (Å²) in [6.45, 7) is 5.63. The fraction of sp³-hybridized carbons (Fsp3) is 0.400. The highest BCUT2D eigenvalue weighted by Crippen LogP contribution is 2.36. The van der Waals surface area contributed by atoms with Crippen molar-refractivity contribution in [3.63, 3.8) is 0 Å². The lowest BCUT2D eigenvalue weighted by Gasteiger charge is -2.26. The standard InChI is InChI=1S/C30H32F3N5O4/c1-5-41-28(40)13-22(21-8-9-24-29(18(21)3)35-36-37(24)4)19-7-6-17(2)20(12-19)14-38-15-23-25(10-11-27(39)34-23)42-26(16-38)30(31,32)33/h6-12,22,26H,5,13-16H2,1-4H3,(H,34,39)/t22?,26-/m0/s1. The summed E-state index contributed by atoms with van der Waals surface area (Å²) in [6, 6.07) is 12.2. The molecule has 0 spiro atoms. The minimum absolute atomic E-state index is 0.00697. The first kappa shape index (κ1) is 29.3. The Labute approximate surface area is 240 Å². The van der Waals surface area contributed by atoms with Crippen molar-refractivity contribution in [3.8, 4) is 11.6 Å². The quantitative estimate of drug-likeness (QED) is 0.300. The number of alkyl halides is 3. The Morgan fingerprint density at radius 3 is 2.71 bits per heavy atom. The van der Waals surface area contributed by atoms with Gasteiger partial charge in [-0.25, -0.2) is 9.67 Å². The number of hydrogen-bond donors (Lipinski definition) is 1. The van der Waals surface area contributed by atoms with Crippen molar-refractivity contribution < 1.29 is 32.5 Å². The van der Waals surface area contributed by atoms with Crippen LogP contribution in [0.15, 0.2) is 42.5 Å². The predicted molar refractivity (Wildman–Crippen MR) is 148 cm³/mol. The number of aromatic nitrogens is 4. The monoisotopic (exact) mass is 583 g/mol. The van der Waals surface area contributed by atoms with Crippen LogP contribution in [0, 0.1) is 13.8 Å². The Hall–Kier alpha value is -4.19. The number of halogens is 3. The molecule has 1 N–H and O–H groups in total. The zero-order chi connectivity index (χ0) is 30.2. The number of benzene rings is 2. The molecule has 0 radical (unpaired) electrons. The molecular weight excluding hydrogens is 551 g/mol. The van der Waals surface area contributed by atoms with Crippen LogP contribution in [-0.2, 0) is 29.7 Å². The highest BCUT2D eigenvalue weighted by atomic mass is 19.4. The summed E-state index contributed by atoms with van der Waals surface area (Å²) in [5.41, 5.74) is 6.09. The average molecular weight is 584 g/mol. The summed E-state index contributed by atoms with van der Waals surface area (Å²) in [5.74, 6) is -1.04. The number of fused-ring (bicyclic) bond motifs is 2. The highest BCUT2D eigenvalue weighted by molar-refractivity contribution is 5.80. The van der Waals surface area contributed by atoms with Gasteiger partial charge in [0.15, 0.2) is 0 Å². The van der Waals surface area contributed by atoms with Gasteiger partial charge >= 0.3 is 12.1 Å². The number of hydrogen-bond acceptors (Lipinski definition) is 8. The van der Waals surface area contributed by atoms with Gasteiger partial charge in [-0.1, -0.05) is 29.5 Å². The second-order valence-corrected chi connectivity index (χ2v) is 10.5. The van der Waals surface area contributed by atoms with Crippen LogP contribution >= 0.6 is 0 Å². The summed E-state index contributed by atoms with van der Waals surface area (Å²) >= 11 is 0. The number of aryl methyl sites for hydroxylation is 3. The fourth-order valence-electron chi connectivity index (χ4n) is 5.43. The Bertz CT molecular complexity index is 1620. The van der Waals surface area contributed by atoms with Gasteiger partial charge in [0.05, 0.1) is 18.5 Å². The van der Waals surface area contributed by atoms with Crippen LogP contribution in [0.25, 0.3) is 11.0 Å². The highest BCUT2D eigenvalue weighted by Gasteiger charge is 2.44. The molecule has 42 heavy (non-hydrogen) atoms. The lowest BCUT2D eigenvalue weighted by atomic mass is 9.84. The minimum atomic E-state index is -4.60. The van der Waals surface area contributed by atoms with E-state index in [-0.39, 0.29) is 55.3 Å². The van der Waals surface area contributed by atoms with E-state index in [9.17, 15) is 23.1 Å². The number of rotatable bonds is 7. The van der Waals surface area contributed by atoms with Gasteiger partial charge in [-0.15, -0.1) is 5.10 Å². The maximum Gasteiger partial charge on any atom is 0.426 e. The van der Waals surface area contributed by atoms with E-state index >= 15 is 0 Å². The van der Waals surface area contributed by atoms with Gasteiger partial charge in [0.25, 0.3) is 0 Å². The number of carbonyl (C=O) groups excluding carboxylic acids is 1. The third-order valence-corrected chi connectivity index (χ3v) is 7.65. The van der Waals surface area contributed by atoms with E-state index < -0.39 is 18.8 Å². The van der Waals surface area contributed by atoms with Gasteiger partial charge in [0, 0.05) is 38.7 Å². The van der Waals surface area contributed by atoms with Crippen molar-refractivity contribution in [1.82, 2.24) is 24.9 Å². The molecule has 1 unspecified atom stereocenters. The molecule has 4 aromatic rings. The topological polar surface area (TPSA) is 103 Å². The number of esters is 1. The number of ether oxygens (including phenoxy) is 2. The van der Waals surface area contributed by atoms with Crippen molar-refractivity contribution in [3.05, 3.63) is 76.0 Å². The SMILES string of the molecule is CCOC(=O)CC(c1ccc(C)c(CN2Cc3nc(O)ccc3O[C@H](C(F)(F)F)C2)c1)c1ccc2c(nnn2C)c1C. The van der Waals surface area contributed by atoms with Crippen LogP contribution in [0.4, 0.5) is 13.2 Å². The second-order valence-electron chi connectivity index (χ2n) is 10.5. The Kier molecular flexibility index (Phi) is 8.09. The van der Waals surface area contributed by atoms with Gasteiger partial charge in [-0.3, -0.25) is 9.69 Å². The first-order valence-electron chi connectivity index (χ1n) is 13.6. The minimum Gasteiger partial charge on any atom is -0.493 e. The van der Waals surface area contributed by atoms with E-state index in [4.69, 9.17) is 9.47 Å². The lowest BCUT2D eigenvalue weighted by Crippen LogP contribution is -2.42. The molecule has 0 bridgehead atoms. The zero-order valence-electron chi connectivity index (χ0n) is 23.8. The summed E-state index contributed by atoms with van der Waals surface area (Å²) in [7, 11) is 1.81. The number of pyridine rings is 1. The molecule has 0 fully saturated rings. The van der Waals surface area contributed by atoms with Gasteiger partial charge in [0.1, 0.15) is 17.0 Å². The fourth-order valence-corrected chi connectivity index (χ4v) is 5.43. The first-order chi connectivity index (χ1) is 19.9. The van der Waals surface area contributed by atoms with Crippen LogP contribution in [0.5, 0.6) is 11.6 Å². The Balaban J connectivity index is 1.52. The molecule has 1 aliphatic heterocycles. The molecule has 2 aromatic carbocycles. The molecule has 0 aliphatic carbocycles. The van der Waals surface area contributed by atoms with Gasteiger partial charge in [-0.05, 0) is 60.7 Å². The number of nitrogens with zero attached hydrogens (tertiary/aromatic N) is 5. The van der Waals surface area contributed by atoms with E-state index in [1.54, 1.807) is 16.5 Å². The van der Waals surface area contributed by atoms with E-state index in [1.165, 1.54) is 12.1 Å². The molecule has 0 saturated heterocycles. The summed E-state index contributed by atoms with van der Waals surface area (Å²) < 4.78 is 54.0. The molecule has 1 aliphatic rings. The lowest BCUT2D eigenvalue weighted by molar-refractivity contribution is -0.198. The van der Waals surface area contributed by atoms with Crippen molar-refractivity contribution in [2.45, 2.75) is 58.5 Å².